The zero-order chi connectivity index (χ0) is 9.52. The zero-order valence-corrected chi connectivity index (χ0v) is 8.77. The molecule has 0 heterocycles. The quantitative estimate of drug-likeness (QED) is 0.528. The molecule has 71 valence electrons. The largest absolute Gasteiger partial charge is 0.381 e. The second-order valence-corrected chi connectivity index (χ2v) is 3.59. The maximum absolute atomic E-state index is 5.18. The van der Waals surface area contributed by atoms with Gasteiger partial charge in [0.2, 0.25) is 0 Å². The van der Waals surface area contributed by atoms with E-state index in [0.29, 0.717) is 6.61 Å². The van der Waals surface area contributed by atoms with Crippen LogP contribution in [0.2, 0.25) is 0 Å². The van der Waals surface area contributed by atoms with E-state index in [1.807, 2.05) is 0 Å². The van der Waals surface area contributed by atoms with Crippen LogP contribution in [0.4, 0.5) is 0 Å². The highest BCUT2D eigenvalue weighted by Gasteiger charge is 1.93. The van der Waals surface area contributed by atoms with Gasteiger partial charge in [-0.15, -0.1) is 11.8 Å². The Morgan fingerprint density at radius 3 is 2.54 bits per heavy atom. The zero-order valence-electron chi connectivity index (χ0n) is 7.95. The summed E-state index contributed by atoms with van der Waals surface area (Å²) in [7, 11) is 0. The fourth-order valence-corrected chi connectivity index (χ4v) is 1.49. The number of hydrogen-bond donors (Lipinski definition) is 0. The molecule has 0 bridgehead atoms. The average molecular weight is 195 g/mol. The van der Waals surface area contributed by atoms with Crippen molar-refractivity contribution in [2.75, 3.05) is 19.5 Å². The molecule has 1 nitrogen and oxygen atoms in total. The predicted octanol–water partition coefficient (Wildman–Crippen LogP) is 2.80. The molecule has 0 spiro atoms. The highest BCUT2D eigenvalue weighted by Crippen LogP contribution is 2.14. The Labute approximate surface area is 84.5 Å². The van der Waals surface area contributed by atoms with Gasteiger partial charge in [0.25, 0.3) is 0 Å². The summed E-state index contributed by atoms with van der Waals surface area (Å²) in [5.41, 5.74) is 1.33. The van der Waals surface area contributed by atoms with Gasteiger partial charge in [-0.3, -0.25) is 0 Å². The van der Waals surface area contributed by atoms with Crippen molar-refractivity contribution >= 4 is 11.8 Å². The first-order valence-corrected chi connectivity index (χ1v) is 5.59. The number of benzene rings is 1. The molecular weight excluding hydrogens is 180 g/mol. The Bertz CT molecular complexity index is 230. The maximum atomic E-state index is 5.18. The Balaban J connectivity index is 2.40. The standard InChI is InChI=1S/C11H15OS/c1-3-12-9-8-10-4-6-11(13-2)7-5-10/h4-7H,1,3,8-9H2,2H3. The summed E-state index contributed by atoms with van der Waals surface area (Å²) in [4.78, 5) is 1.31. The SMILES string of the molecule is [CH2]COCCc1ccc(SC)cc1. The van der Waals surface area contributed by atoms with Crippen molar-refractivity contribution in [3.8, 4) is 0 Å². The summed E-state index contributed by atoms with van der Waals surface area (Å²) in [6, 6.07) is 8.59. The fourth-order valence-electron chi connectivity index (χ4n) is 1.08. The van der Waals surface area contributed by atoms with E-state index in [4.69, 9.17) is 4.74 Å². The first-order chi connectivity index (χ1) is 6.36. The van der Waals surface area contributed by atoms with E-state index in [1.165, 1.54) is 10.5 Å². The molecule has 0 saturated carbocycles. The van der Waals surface area contributed by atoms with Crippen LogP contribution in [0.15, 0.2) is 29.2 Å². The molecule has 0 aliphatic carbocycles. The minimum absolute atomic E-state index is 0.558. The van der Waals surface area contributed by atoms with Gasteiger partial charge in [0, 0.05) is 11.5 Å². The lowest BCUT2D eigenvalue weighted by atomic mass is 10.2. The van der Waals surface area contributed by atoms with E-state index in [1.54, 1.807) is 11.8 Å². The van der Waals surface area contributed by atoms with E-state index in [-0.39, 0.29) is 0 Å². The van der Waals surface area contributed by atoms with Crippen molar-refractivity contribution in [3.05, 3.63) is 36.8 Å². The molecule has 0 aliphatic heterocycles. The molecule has 13 heavy (non-hydrogen) atoms. The van der Waals surface area contributed by atoms with Crippen LogP contribution in [-0.2, 0) is 11.2 Å². The molecule has 1 aromatic carbocycles. The van der Waals surface area contributed by atoms with Gasteiger partial charge in [-0.05, 0) is 37.3 Å². The van der Waals surface area contributed by atoms with Gasteiger partial charge < -0.3 is 4.74 Å². The van der Waals surface area contributed by atoms with Crippen LogP contribution in [0.3, 0.4) is 0 Å². The van der Waals surface area contributed by atoms with Gasteiger partial charge in [-0.2, -0.15) is 0 Å². The Kier molecular flexibility index (Phi) is 4.94. The molecular formula is C11H15OS. The van der Waals surface area contributed by atoms with Crippen LogP contribution in [-0.4, -0.2) is 19.5 Å². The summed E-state index contributed by atoms with van der Waals surface area (Å²) in [5, 5.41) is 0. The van der Waals surface area contributed by atoms with E-state index < -0.39 is 0 Å². The predicted molar refractivity (Wildman–Crippen MR) is 58.1 cm³/mol. The monoisotopic (exact) mass is 195 g/mol. The third-order valence-corrected chi connectivity index (χ3v) is 2.58. The summed E-state index contributed by atoms with van der Waals surface area (Å²) < 4.78 is 5.18. The third kappa shape index (κ3) is 3.83. The van der Waals surface area contributed by atoms with E-state index >= 15 is 0 Å². The van der Waals surface area contributed by atoms with Crippen LogP contribution < -0.4 is 0 Å². The lowest BCUT2D eigenvalue weighted by molar-refractivity contribution is 0.164. The first kappa shape index (κ1) is 10.6. The van der Waals surface area contributed by atoms with Crippen molar-refractivity contribution in [1.29, 1.82) is 0 Å². The van der Waals surface area contributed by atoms with Gasteiger partial charge in [-0.25, -0.2) is 0 Å². The Morgan fingerprint density at radius 2 is 2.00 bits per heavy atom. The van der Waals surface area contributed by atoms with Gasteiger partial charge >= 0.3 is 0 Å². The molecule has 1 aromatic rings. The smallest absolute Gasteiger partial charge is 0.0506 e. The molecule has 0 fully saturated rings. The van der Waals surface area contributed by atoms with Crippen molar-refractivity contribution in [2.45, 2.75) is 11.3 Å². The normalized spacial score (nSPS) is 10.3. The molecule has 2 heteroatoms. The molecule has 0 atom stereocenters. The lowest BCUT2D eigenvalue weighted by Gasteiger charge is -2.02. The number of ether oxygens (including phenoxy) is 1. The van der Waals surface area contributed by atoms with E-state index in [2.05, 4.69) is 37.4 Å². The van der Waals surface area contributed by atoms with Crippen molar-refractivity contribution in [1.82, 2.24) is 0 Å². The van der Waals surface area contributed by atoms with E-state index in [0.717, 1.165) is 13.0 Å². The summed E-state index contributed by atoms with van der Waals surface area (Å²) >= 11 is 1.76. The molecule has 0 aromatic heterocycles. The summed E-state index contributed by atoms with van der Waals surface area (Å²) in [6.07, 6.45) is 3.06. The molecule has 0 unspecified atom stereocenters. The van der Waals surface area contributed by atoms with Crippen LogP contribution >= 0.6 is 11.8 Å². The molecule has 0 N–H and O–H groups in total. The van der Waals surface area contributed by atoms with Crippen molar-refractivity contribution in [3.63, 3.8) is 0 Å². The number of rotatable bonds is 5. The van der Waals surface area contributed by atoms with Gasteiger partial charge in [-0.1, -0.05) is 12.1 Å². The van der Waals surface area contributed by atoms with Crippen LogP contribution in [0.1, 0.15) is 5.56 Å². The molecule has 0 saturated heterocycles. The summed E-state index contributed by atoms with van der Waals surface area (Å²) in [6.45, 7) is 4.94. The van der Waals surface area contributed by atoms with Gasteiger partial charge in [0.15, 0.2) is 0 Å². The minimum Gasteiger partial charge on any atom is -0.381 e. The molecule has 0 aliphatic rings. The third-order valence-electron chi connectivity index (χ3n) is 1.84. The van der Waals surface area contributed by atoms with Gasteiger partial charge in [0.05, 0.1) is 6.61 Å². The number of thioether (sulfide) groups is 1. The van der Waals surface area contributed by atoms with Gasteiger partial charge in [0.1, 0.15) is 0 Å². The highest BCUT2D eigenvalue weighted by molar-refractivity contribution is 7.98. The first-order valence-electron chi connectivity index (χ1n) is 4.36. The Morgan fingerprint density at radius 1 is 1.31 bits per heavy atom. The topological polar surface area (TPSA) is 9.23 Å². The summed E-state index contributed by atoms with van der Waals surface area (Å²) in [5.74, 6) is 0. The fraction of sp³-hybridized carbons (Fsp3) is 0.364. The van der Waals surface area contributed by atoms with Crippen molar-refractivity contribution < 1.29 is 4.74 Å². The van der Waals surface area contributed by atoms with Crippen LogP contribution in [0.25, 0.3) is 0 Å². The van der Waals surface area contributed by atoms with Crippen LogP contribution in [0.5, 0.6) is 0 Å². The molecule has 1 radical (unpaired) electrons. The van der Waals surface area contributed by atoms with Crippen molar-refractivity contribution in [2.24, 2.45) is 0 Å². The molecule has 1 rings (SSSR count). The average Bonchev–Trinajstić information content (AvgIpc) is 2.19. The number of hydrogen-bond acceptors (Lipinski definition) is 2. The maximum Gasteiger partial charge on any atom is 0.0506 e. The molecule has 0 amide bonds. The second kappa shape index (κ2) is 6.06. The minimum atomic E-state index is 0.558. The lowest BCUT2D eigenvalue weighted by Crippen LogP contribution is -1.97. The van der Waals surface area contributed by atoms with Crippen LogP contribution in [0, 0.1) is 6.92 Å². The second-order valence-electron chi connectivity index (χ2n) is 2.71. The highest BCUT2D eigenvalue weighted by atomic mass is 32.2. The van der Waals surface area contributed by atoms with E-state index in [9.17, 15) is 0 Å². The Hall–Kier alpha value is -0.470.